The fraction of sp³-hybridized carbons (Fsp3) is 0.538. The molecule has 0 spiro atoms. The van der Waals surface area contributed by atoms with Gasteiger partial charge in [-0.3, -0.25) is 4.98 Å². The molecule has 84 valence electrons. The minimum absolute atomic E-state index is 0.283. The molecule has 0 aliphatic carbocycles. The first kappa shape index (κ1) is 11.1. The van der Waals surface area contributed by atoms with Crippen LogP contribution in [0.3, 0.4) is 0 Å². The highest BCUT2D eigenvalue weighted by atomic mass is 15.1. The first-order chi connectivity index (χ1) is 7.80. The van der Waals surface area contributed by atoms with Gasteiger partial charge in [-0.15, -0.1) is 0 Å². The van der Waals surface area contributed by atoms with Gasteiger partial charge in [0.1, 0.15) is 0 Å². The smallest absolute Gasteiger partial charge is 0.0847 e. The molecular formula is C13H17N3. The molecule has 1 aromatic rings. The van der Waals surface area contributed by atoms with Crippen molar-refractivity contribution in [3.05, 3.63) is 30.1 Å². The van der Waals surface area contributed by atoms with Crippen LogP contribution in [0.1, 0.15) is 25.3 Å². The molecule has 3 heteroatoms. The molecule has 1 saturated heterocycles. The minimum Gasteiger partial charge on any atom is -0.303 e. The van der Waals surface area contributed by atoms with Crippen LogP contribution in [0.25, 0.3) is 0 Å². The number of aromatic nitrogens is 1. The highest BCUT2D eigenvalue weighted by Crippen LogP contribution is 2.34. The summed E-state index contributed by atoms with van der Waals surface area (Å²) < 4.78 is 0. The highest BCUT2D eigenvalue weighted by molar-refractivity contribution is 5.31. The van der Waals surface area contributed by atoms with E-state index in [1.54, 1.807) is 12.4 Å². The van der Waals surface area contributed by atoms with E-state index < -0.39 is 0 Å². The van der Waals surface area contributed by atoms with Gasteiger partial charge < -0.3 is 4.90 Å². The van der Waals surface area contributed by atoms with Crippen LogP contribution in [0.2, 0.25) is 0 Å². The number of hydrogen-bond acceptors (Lipinski definition) is 3. The maximum Gasteiger partial charge on any atom is 0.0847 e. The summed E-state index contributed by atoms with van der Waals surface area (Å²) in [5, 5.41) is 9.47. The van der Waals surface area contributed by atoms with Crippen molar-refractivity contribution in [2.75, 3.05) is 19.6 Å². The van der Waals surface area contributed by atoms with E-state index in [9.17, 15) is 5.26 Å². The first-order valence-electron chi connectivity index (χ1n) is 5.85. The standard InChI is InChI=1S/C13H17N3/c1-2-16-9-5-13(11-14,6-10-16)12-3-7-15-8-4-12/h3-4,7-8H,2,5-6,9-10H2,1H3. The van der Waals surface area contributed by atoms with Gasteiger partial charge in [0, 0.05) is 12.4 Å². The zero-order valence-corrected chi connectivity index (χ0v) is 9.69. The lowest BCUT2D eigenvalue weighted by Crippen LogP contribution is -2.41. The van der Waals surface area contributed by atoms with Crippen molar-refractivity contribution in [1.82, 2.24) is 9.88 Å². The van der Waals surface area contributed by atoms with Gasteiger partial charge in [-0.2, -0.15) is 5.26 Å². The van der Waals surface area contributed by atoms with E-state index in [4.69, 9.17) is 0 Å². The Bertz CT molecular complexity index is 372. The third-order valence-corrected chi connectivity index (χ3v) is 3.60. The Labute approximate surface area is 96.7 Å². The molecule has 1 fully saturated rings. The normalized spacial score (nSPS) is 20.2. The number of pyridine rings is 1. The molecule has 0 N–H and O–H groups in total. The average molecular weight is 215 g/mol. The molecule has 2 rings (SSSR count). The fourth-order valence-corrected chi connectivity index (χ4v) is 2.39. The summed E-state index contributed by atoms with van der Waals surface area (Å²) in [5.41, 5.74) is 0.843. The van der Waals surface area contributed by atoms with Crippen LogP contribution in [0.5, 0.6) is 0 Å². The SMILES string of the molecule is CCN1CCC(C#N)(c2ccncc2)CC1. The van der Waals surface area contributed by atoms with Crippen molar-refractivity contribution < 1.29 is 0 Å². The van der Waals surface area contributed by atoms with Gasteiger partial charge in [0.25, 0.3) is 0 Å². The van der Waals surface area contributed by atoms with E-state index in [-0.39, 0.29) is 5.41 Å². The second-order valence-corrected chi connectivity index (χ2v) is 4.36. The Balaban J connectivity index is 2.20. The monoisotopic (exact) mass is 215 g/mol. The predicted molar refractivity (Wildman–Crippen MR) is 62.9 cm³/mol. The zero-order valence-electron chi connectivity index (χ0n) is 9.69. The second kappa shape index (κ2) is 4.63. The molecule has 0 amide bonds. The van der Waals surface area contributed by atoms with Gasteiger partial charge in [0.2, 0.25) is 0 Å². The van der Waals surface area contributed by atoms with E-state index in [2.05, 4.69) is 22.9 Å². The van der Waals surface area contributed by atoms with Gasteiger partial charge >= 0.3 is 0 Å². The molecule has 0 atom stereocenters. The van der Waals surface area contributed by atoms with Crippen LogP contribution >= 0.6 is 0 Å². The van der Waals surface area contributed by atoms with E-state index in [1.165, 1.54) is 0 Å². The van der Waals surface area contributed by atoms with Crippen LogP contribution in [0.4, 0.5) is 0 Å². The minimum atomic E-state index is -0.283. The van der Waals surface area contributed by atoms with Crippen molar-refractivity contribution in [3.8, 4) is 6.07 Å². The Kier molecular flexibility index (Phi) is 3.21. The predicted octanol–water partition coefficient (Wildman–Crippen LogP) is 1.96. The van der Waals surface area contributed by atoms with Crippen LogP contribution in [-0.2, 0) is 5.41 Å². The lowest BCUT2D eigenvalue weighted by atomic mass is 9.74. The molecule has 1 aromatic heterocycles. The van der Waals surface area contributed by atoms with Crippen molar-refractivity contribution in [2.45, 2.75) is 25.2 Å². The zero-order chi connectivity index (χ0) is 11.4. The lowest BCUT2D eigenvalue weighted by molar-refractivity contribution is 0.194. The van der Waals surface area contributed by atoms with Crippen molar-refractivity contribution in [3.63, 3.8) is 0 Å². The van der Waals surface area contributed by atoms with Crippen LogP contribution in [-0.4, -0.2) is 29.5 Å². The van der Waals surface area contributed by atoms with Gasteiger partial charge in [-0.1, -0.05) is 6.92 Å². The fourth-order valence-electron chi connectivity index (χ4n) is 2.39. The molecule has 0 unspecified atom stereocenters. The van der Waals surface area contributed by atoms with Crippen LogP contribution < -0.4 is 0 Å². The molecule has 1 aliphatic rings. The van der Waals surface area contributed by atoms with Crippen LogP contribution in [0.15, 0.2) is 24.5 Å². The summed E-state index contributed by atoms with van der Waals surface area (Å²) >= 11 is 0. The van der Waals surface area contributed by atoms with Crippen molar-refractivity contribution >= 4 is 0 Å². The quantitative estimate of drug-likeness (QED) is 0.757. The van der Waals surface area contributed by atoms with Gasteiger partial charge in [0.05, 0.1) is 11.5 Å². The van der Waals surface area contributed by atoms with Crippen molar-refractivity contribution in [2.24, 2.45) is 0 Å². The third kappa shape index (κ3) is 1.94. The number of piperidine rings is 1. The number of hydrogen-bond donors (Lipinski definition) is 0. The van der Waals surface area contributed by atoms with Crippen molar-refractivity contribution in [1.29, 1.82) is 5.26 Å². The molecule has 0 aromatic carbocycles. The Morgan fingerprint density at radius 2 is 2.00 bits per heavy atom. The number of nitriles is 1. The van der Waals surface area contributed by atoms with Gasteiger partial charge in [-0.25, -0.2) is 0 Å². The number of rotatable bonds is 2. The highest BCUT2D eigenvalue weighted by Gasteiger charge is 2.35. The number of likely N-dealkylation sites (tertiary alicyclic amines) is 1. The molecule has 3 nitrogen and oxygen atoms in total. The molecule has 0 saturated carbocycles. The number of nitrogens with zero attached hydrogens (tertiary/aromatic N) is 3. The molecule has 16 heavy (non-hydrogen) atoms. The molecule has 0 radical (unpaired) electrons. The molecule has 0 bridgehead atoms. The van der Waals surface area contributed by atoms with E-state index in [1.807, 2.05) is 12.1 Å². The Morgan fingerprint density at radius 1 is 1.38 bits per heavy atom. The molecular weight excluding hydrogens is 198 g/mol. The first-order valence-corrected chi connectivity index (χ1v) is 5.85. The largest absolute Gasteiger partial charge is 0.303 e. The van der Waals surface area contributed by atoms with E-state index in [0.717, 1.165) is 38.0 Å². The maximum atomic E-state index is 9.47. The maximum absolute atomic E-state index is 9.47. The summed E-state index contributed by atoms with van der Waals surface area (Å²) in [4.78, 5) is 6.42. The molecule has 1 aliphatic heterocycles. The summed E-state index contributed by atoms with van der Waals surface area (Å²) in [6.07, 6.45) is 5.42. The summed E-state index contributed by atoms with van der Waals surface area (Å²) in [6, 6.07) is 6.48. The van der Waals surface area contributed by atoms with Gasteiger partial charge in [0.15, 0.2) is 0 Å². The topological polar surface area (TPSA) is 39.9 Å². The lowest BCUT2D eigenvalue weighted by Gasteiger charge is -2.37. The molecule has 2 heterocycles. The summed E-state index contributed by atoms with van der Waals surface area (Å²) in [7, 11) is 0. The average Bonchev–Trinajstić information content (AvgIpc) is 2.40. The van der Waals surface area contributed by atoms with Crippen LogP contribution in [0, 0.1) is 11.3 Å². The second-order valence-electron chi connectivity index (χ2n) is 4.36. The third-order valence-electron chi connectivity index (χ3n) is 3.60. The van der Waals surface area contributed by atoms with E-state index in [0.29, 0.717) is 0 Å². The summed E-state index contributed by atoms with van der Waals surface area (Å²) in [6.45, 7) is 5.29. The Morgan fingerprint density at radius 3 is 2.50 bits per heavy atom. The van der Waals surface area contributed by atoms with Gasteiger partial charge in [-0.05, 0) is 50.2 Å². The summed E-state index contributed by atoms with van der Waals surface area (Å²) in [5.74, 6) is 0. The van der Waals surface area contributed by atoms with E-state index >= 15 is 0 Å². The Hall–Kier alpha value is -1.40.